The van der Waals surface area contributed by atoms with Gasteiger partial charge < -0.3 is 4.74 Å². The molecule has 0 unspecified atom stereocenters. The molecule has 4 aliphatic rings. The minimum atomic E-state index is -0.400. The Morgan fingerprint density at radius 3 is 2.28 bits per heavy atom. The first-order valence-electron chi connectivity index (χ1n) is 9.56. The molecule has 4 heteroatoms. The molecule has 0 radical (unpaired) electrons. The highest BCUT2D eigenvalue weighted by Crippen LogP contribution is 2.62. The molecule has 25 heavy (non-hydrogen) atoms. The van der Waals surface area contributed by atoms with E-state index in [1.807, 2.05) is 12.1 Å². The van der Waals surface area contributed by atoms with Crippen LogP contribution in [0.1, 0.15) is 63.5 Å². The van der Waals surface area contributed by atoms with Gasteiger partial charge in [0.25, 0.3) is 0 Å². The Balaban J connectivity index is 1.75. The van der Waals surface area contributed by atoms with Crippen molar-refractivity contribution in [1.29, 1.82) is 0 Å². The summed E-state index contributed by atoms with van der Waals surface area (Å²) in [4.78, 5) is 10.3. The zero-order valence-electron chi connectivity index (χ0n) is 15.1. The largest absolute Gasteiger partial charge is 0.491 e. The maximum absolute atomic E-state index is 10.7. The summed E-state index contributed by atoms with van der Waals surface area (Å²) in [6.45, 7) is 4.12. The molecule has 0 atom stereocenters. The fraction of sp³-hybridized carbons (Fsp3) is 0.619. The van der Waals surface area contributed by atoms with Crippen LogP contribution in [-0.2, 0) is 5.41 Å². The zero-order valence-corrected chi connectivity index (χ0v) is 15.1. The lowest BCUT2D eigenvalue weighted by atomic mass is 9.48. The second-order valence-electron chi connectivity index (χ2n) is 8.72. The molecule has 4 aliphatic carbocycles. The van der Waals surface area contributed by atoms with Gasteiger partial charge in [-0.15, -0.1) is 0 Å². The van der Waals surface area contributed by atoms with Gasteiger partial charge in [0.05, 0.1) is 11.0 Å². The molecule has 4 saturated carbocycles. The molecule has 1 aromatic rings. The van der Waals surface area contributed by atoms with Crippen molar-refractivity contribution < 1.29 is 9.66 Å². The van der Waals surface area contributed by atoms with E-state index in [1.54, 1.807) is 6.08 Å². The topological polar surface area (TPSA) is 52.4 Å². The fourth-order valence-corrected chi connectivity index (χ4v) is 6.01. The highest BCUT2D eigenvalue weighted by atomic mass is 16.6. The van der Waals surface area contributed by atoms with Crippen LogP contribution in [0.2, 0.25) is 0 Å². The molecular weight excluding hydrogens is 314 g/mol. The van der Waals surface area contributed by atoms with Gasteiger partial charge in [-0.25, -0.2) is 0 Å². The summed E-state index contributed by atoms with van der Waals surface area (Å²) in [7, 11) is 0. The zero-order chi connectivity index (χ0) is 17.6. The van der Waals surface area contributed by atoms with Gasteiger partial charge in [0.1, 0.15) is 5.75 Å². The molecule has 4 nitrogen and oxygen atoms in total. The first kappa shape index (κ1) is 16.6. The Hall–Kier alpha value is -1.84. The monoisotopic (exact) mass is 341 g/mol. The first-order chi connectivity index (χ1) is 11.9. The van der Waals surface area contributed by atoms with Crippen LogP contribution in [0.4, 0.5) is 0 Å². The van der Waals surface area contributed by atoms with Crippen LogP contribution in [0, 0.1) is 27.9 Å². The van der Waals surface area contributed by atoms with E-state index in [0.717, 1.165) is 35.3 Å². The number of ether oxygens (including phenoxy) is 1. The molecule has 4 bridgehead atoms. The Morgan fingerprint density at radius 1 is 1.16 bits per heavy atom. The maximum Gasteiger partial charge on any atom is 0.235 e. The quantitative estimate of drug-likeness (QED) is 0.547. The molecular formula is C21H27NO3. The summed E-state index contributed by atoms with van der Waals surface area (Å²) in [6.07, 6.45) is 10.8. The van der Waals surface area contributed by atoms with Crippen LogP contribution in [0.15, 0.2) is 24.4 Å². The molecule has 0 saturated heterocycles. The van der Waals surface area contributed by atoms with Crippen LogP contribution in [0.25, 0.3) is 6.08 Å². The lowest BCUT2D eigenvalue weighted by Crippen LogP contribution is -2.48. The van der Waals surface area contributed by atoms with Gasteiger partial charge in [-0.3, -0.25) is 10.1 Å². The average Bonchev–Trinajstić information content (AvgIpc) is 2.52. The highest BCUT2D eigenvalue weighted by Gasteiger charge is 2.52. The fourth-order valence-electron chi connectivity index (χ4n) is 6.01. The van der Waals surface area contributed by atoms with Gasteiger partial charge in [-0.2, -0.15) is 0 Å². The van der Waals surface area contributed by atoms with Crippen LogP contribution in [0.5, 0.6) is 5.75 Å². The molecule has 0 amide bonds. The van der Waals surface area contributed by atoms with E-state index in [-0.39, 0.29) is 11.5 Å². The molecule has 5 rings (SSSR count). The third-order valence-corrected chi connectivity index (χ3v) is 6.36. The highest BCUT2D eigenvalue weighted by molar-refractivity contribution is 5.55. The van der Waals surface area contributed by atoms with E-state index in [9.17, 15) is 10.1 Å². The van der Waals surface area contributed by atoms with Crippen LogP contribution < -0.4 is 4.74 Å². The lowest BCUT2D eigenvalue weighted by molar-refractivity contribution is -0.400. The van der Waals surface area contributed by atoms with Crippen molar-refractivity contribution >= 4 is 6.08 Å². The molecule has 1 aromatic carbocycles. The summed E-state index contributed by atoms with van der Waals surface area (Å²) in [6, 6.07) is 6.11. The van der Waals surface area contributed by atoms with Crippen molar-refractivity contribution in [2.75, 3.05) is 0 Å². The van der Waals surface area contributed by atoms with E-state index in [4.69, 9.17) is 4.74 Å². The molecule has 0 heterocycles. The summed E-state index contributed by atoms with van der Waals surface area (Å²) in [5.74, 6) is 3.55. The van der Waals surface area contributed by atoms with Gasteiger partial charge in [-0.05, 0) is 93.2 Å². The predicted octanol–water partition coefficient (Wildman–Crippen LogP) is 5.19. The van der Waals surface area contributed by atoms with Crippen LogP contribution >= 0.6 is 0 Å². The van der Waals surface area contributed by atoms with Crippen molar-refractivity contribution in [3.63, 3.8) is 0 Å². The van der Waals surface area contributed by atoms with E-state index in [1.165, 1.54) is 44.1 Å². The molecule has 134 valence electrons. The Bertz CT molecular complexity index is 672. The molecule has 0 aromatic heterocycles. The Kier molecular flexibility index (Phi) is 4.09. The SMILES string of the molecule is CC(C)Oc1ccc(C=C[N+](=O)[O-])cc1C12CC3CC(CC(C3)C1)C2. The third kappa shape index (κ3) is 3.19. The number of hydrogen-bond acceptors (Lipinski definition) is 3. The van der Waals surface area contributed by atoms with Crippen molar-refractivity contribution in [3.8, 4) is 5.75 Å². The number of benzene rings is 1. The van der Waals surface area contributed by atoms with Gasteiger partial charge in [-0.1, -0.05) is 6.07 Å². The number of nitrogens with zero attached hydrogens (tertiary/aromatic N) is 1. The summed E-state index contributed by atoms with van der Waals surface area (Å²) in [5.41, 5.74) is 2.42. The smallest absolute Gasteiger partial charge is 0.235 e. The minimum absolute atomic E-state index is 0.132. The average molecular weight is 341 g/mol. The summed E-state index contributed by atoms with van der Waals surface area (Å²) >= 11 is 0. The molecule has 0 N–H and O–H groups in total. The maximum atomic E-state index is 10.7. The molecule has 0 spiro atoms. The van der Waals surface area contributed by atoms with E-state index < -0.39 is 4.92 Å². The Labute approximate surface area is 149 Å². The van der Waals surface area contributed by atoms with Gasteiger partial charge >= 0.3 is 0 Å². The van der Waals surface area contributed by atoms with Gasteiger partial charge in [0.2, 0.25) is 6.20 Å². The van der Waals surface area contributed by atoms with Gasteiger partial charge in [0, 0.05) is 11.6 Å². The van der Waals surface area contributed by atoms with E-state index >= 15 is 0 Å². The van der Waals surface area contributed by atoms with Crippen molar-refractivity contribution in [3.05, 3.63) is 45.6 Å². The number of nitro groups is 1. The van der Waals surface area contributed by atoms with Crippen molar-refractivity contribution in [2.45, 2.75) is 63.9 Å². The second-order valence-corrected chi connectivity index (χ2v) is 8.72. The summed E-state index contributed by atoms with van der Waals surface area (Å²) in [5, 5.41) is 10.7. The summed E-state index contributed by atoms with van der Waals surface area (Å²) < 4.78 is 6.16. The predicted molar refractivity (Wildman–Crippen MR) is 98.1 cm³/mol. The van der Waals surface area contributed by atoms with E-state index in [0.29, 0.717) is 0 Å². The van der Waals surface area contributed by atoms with E-state index in [2.05, 4.69) is 19.9 Å². The van der Waals surface area contributed by atoms with Crippen molar-refractivity contribution in [2.24, 2.45) is 17.8 Å². The Morgan fingerprint density at radius 2 is 1.76 bits per heavy atom. The molecule has 0 aliphatic heterocycles. The second kappa shape index (κ2) is 6.15. The molecule has 4 fully saturated rings. The van der Waals surface area contributed by atoms with Crippen molar-refractivity contribution in [1.82, 2.24) is 0 Å². The number of hydrogen-bond donors (Lipinski definition) is 0. The van der Waals surface area contributed by atoms with Crippen LogP contribution in [-0.4, -0.2) is 11.0 Å². The lowest BCUT2D eigenvalue weighted by Gasteiger charge is -2.57. The minimum Gasteiger partial charge on any atom is -0.491 e. The normalized spacial score (nSPS) is 33.3. The van der Waals surface area contributed by atoms with Crippen LogP contribution in [0.3, 0.4) is 0 Å². The number of rotatable bonds is 5. The van der Waals surface area contributed by atoms with Gasteiger partial charge in [0.15, 0.2) is 0 Å². The first-order valence-corrected chi connectivity index (χ1v) is 9.56. The standard InChI is InChI=1S/C21H27NO3/c1-14(2)25-20-4-3-15(5-6-22(23)24)10-19(20)21-11-16-7-17(12-21)9-18(8-16)13-21/h3-6,10,14,16-18H,7-9,11-13H2,1-2H3. The third-order valence-electron chi connectivity index (χ3n) is 6.36.